The van der Waals surface area contributed by atoms with Crippen molar-refractivity contribution in [1.29, 1.82) is 0 Å². The fraction of sp³-hybridized carbons (Fsp3) is 0.800. The molecule has 0 unspecified atom stereocenters. The second kappa shape index (κ2) is 5.25. The molecular weight excluding hydrogens is 242 g/mol. The largest absolute Gasteiger partial charge is 0.378 e. The highest BCUT2D eigenvalue weighted by molar-refractivity contribution is 5.94. The third-order valence-electron chi connectivity index (χ3n) is 4.41. The maximum absolute atomic E-state index is 12.2. The summed E-state index contributed by atoms with van der Waals surface area (Å²) in [6.07, 6.45) is 7.45. The highest BCUT2D eigenvalue weighted by Crippen LogP contribution is 2.36. The topological polar surface area (TPSA) is 38.8 Å². The quantitative estimate of drug-likeness (QED) is 0.782. The molecule has 0 N–H and O–H groups in total. The van der Waals surface area contributed by atoms with E-state index in [1.807, 2.05) is 11.8 Å². The normalized spacial score (nSPS) is 29.2. The molecule has 19 heavy (non-hydrogen) atoms. The average Bonchev–Trinajstić information content (AvgIpc) is 2.89. The fourth-order valence-corrected chi connectivity index (χ4v) is 3.44. The Morgan fingerprint density at radius 1 is 1.58 bits per heavy atom. The molecule has 1 amide bonds. The van der Waals surface area contributed by atoms with Crippen LogP contribution in [0.1, 0.15) is 39.0 Å². The van der Waals surface area contributed by atoms with Crippen LogP contribution in [-0.4, -0.2) is 48.8 Å². The zero-order valence-electron chi connectivity index (χ0n) is 11.7. The van der Waals surface area contributed by atoms with Gasteiger partial charge in [-0.05, 0) is 32.6 Å². The summed E-state index contributed by atoms with van der Waals surface area (Å²) in [6, 6.07) is 0. The molecule has 1 atom stereocenters. The smallest absolute Gasteiger partial charge is 0.249 e. The molecule has 3 rings (SSSR count). The molecule has 106 valence electrons. The molecule has 0 bridgehead atoms. The minimum absolute atomic E-state index is 0.118. The van der Waals surface area contributed by atoms with Crippen molar-refractivity contribution >= 4 is 5.91 Å². The Balaban J connectivity index is 1.54. The Kier molecular flexibility index (Phi) is 3.63. The van der Waals surface area contributed by atoms with Crippen LogP contribution in [0.3, 0.4) is 0 Å². The van der Waals surface area contributed by atoms with Crippen molar-refractivity contribution in [3.05, 3.63) is 11.6 Å². The number of likely N-dealkylation sites (tertiary alicyclic amines) is 1. The molecule has 0 radical (unpaired) electrons. The van der Waals surface area contributed by atoms with Crippen LogP contribution in [0.4, 0.5) is 0 Å². The van der Waals surface area contributed by atoms with E-state index in [4.69, 9.17) is 9.47 Å². The number of allylic oxidation sites excluding steroid dienone is 1. The SMILES string of the molecule is CCO[C@@H]1CCOC2(C1)CN(C(=O)C1=CCCC1)C2. The number of hydrogen-bond donors (Lipinski definition) is 0. The van der Waals surface area contributed by atoms with E-state index in [1.54, 1.807) is 0 Å². The predicted molar refractivity (Wildman–Crippen MR) is 71.8 cm³/mol. The average molecular weight is 265 g/mol. The molecule has 2 saturated heterocycles. The van der Waals surface area contributed by atoms with Gasteiger partial charge in [0.1, 0.15) is 5.60 Å². The zero-order chi connectivity index (χ0) is 13.3. The second-order valence-corrected chi connectivity index (χ2v) is 5.88. The van der Waals surface area contributed by atoms with Crippen LogP contribution in [0.2, 0.25) is 0 Å². The van der Waals surface area contributed by atoms with Crippen LogP contribution in [0.25, 0.3) is 0 Å². The highest BCUT2D eigenvalue weighted by atomic mass is 16.5. The first-order valence-corrected chi connectivity index (χ1v) is 7.46. The van der Waals surface area contributed by atoms with Crippen molar-refractivity contribution in [2.24, 2.45) is 0 Å². The first kappa shape index (κ1) is 13.1. The third-order valence-corrected chi connectivity index (χ3v) is 4.41. The van der Waals surface area contributed by atoms with E-state index in [9.17, 15) is 4.79 Å². The number of amides is 1. The summed E-state index contributed by atoms with van der Waals surface area (Å²) >= 11 is 0. The van der Waals surface area contributed by atoms with Crippen molar-refractivity contribution < 1.29 is 14.3 Å². The van der Waals surface area contributed by atoms with E-state index in [2.05, 4.69) is 6.08 Å². The van der Waals surface area contributed by atoms with Crippen molar-refractivity contribution in [3.63, 3.8) is 0 Å². The van der Waals surface area contributed by atoms with Crippen molar-refractivity contribution in [2.45, 2.75) is 50.7 Å². The molecule has 1 aliphatic carbocycles. The van der Waals surface area contributed by atoms with Gasteiger partial charge < -0.3 is 14.4 Å². The Bertz CT molecular complexity index is 383. The number of ether oxygens (including phenoxy) is 2. The highest BCUT2D eigenvalue weighted by Gasteiger charge is 2.49. The molecule has 0 aromatic rings. The number of carbonyl (C=O) groups is 1. The van der Waals surface area contributed by atoms with Crippen molar-refractivity contribution in [1.82, 2.24) is 4.90 Å². The van der Waals surface area contributed by atoms with E-state index in [0.717, 1.165) is 64.0 Å². The van der Waals surface area contributed by atoms with Gasteiger partial charge in [-0.2, -0.15) is 0 Å². The van der Waals surface area contributed by atoms with Gasteiger partial charge >= 0.3 is 0 Å². The first-order chi connectivity index (χ1) is 9.22. The third kappa shape index (κ3) is 2.56. The van der Waals surface area contributed by atoms with Crippen molar-refractivity contribution in [3.8, 4) is 0 Å². The maximum Gasteiger partial charge on any atom is 0.249 e. The summed E-state index contributed by atoms with van der Waals surface area (Å²) in [5.41, 5.74) is 0.888. The predicted octanol–water partition coefficient (Wildman–Crippen LogP) is 1.89. The van der Waals surface area contributed by atoms with Crippen molar-refractivity contribution in [2.75, 3.05) is 26.3 Å². The van der Waals surface area contributed by atoms with Crippen LogP contribution < -0.4 is 0 Å². The fourth-order valence-electron chi connectivity index (χ4n) is 3.44. The molecule has 4 heteroatoms. The molecule has 2 aliphatic heterocycles. The second-order valence-electron chi connectivity index (χ2n) is 5.88. The Labute approximate surface area is 114 Å². The molecule has 4 nitrogen and oxygen atoms in total. The monoisotopic (exact) mass is 265 g/mol. The molecule has 2 heterocycles. The lowest BCUT2D eigenvalue weighted by molar-refractivity contribution is -0.198. The number of rotatable bonds is 3. The summed E-state index contributed by atoms with van der Waals surface area (Å²) in [7, 11) is 0. The Morgan fingerprint density at radius 2 is 2.42 bits per heavy atom. The van der Waals surface area contributed by atoms with Gasteiger partial charge in [0, 0.05) is 25.2 Å². The van der Waals surface area contributed by atoms with Gasteiger partial charge in [-0.1, -0.05) is 6.08 Å². The lowest BCUT2D eigenvalue weighted by Crippen LogP contribution is -2.67. The molecule has 1 spiro atoms. The Morgan fingerprint density at radius 3 is 3.11 bits per heavy atom. The summed E-state index contributed by atoms with van der Waals surface area (Å²) in [4.78, 5) is 14.2. The minimum Gasteiger partial charge on any atom is -0.378 e. The lowest BCUT2D eigenvalue weighted by Gasteiger charge is -2.53. The van der Waals surface area contributed by atoms with E-state index in [0.29, 0.717) is 6.10 Å². The zero-order valence-corrected chi connectivity index (χ0v) is 11.7. The van der Waals surface area contributed by atoms with Gasteiger partial charge in [0.2, 0.25) is 5.91 Å². The van der Waals surface area contributed by atoms with Gasteiger partial charge in [-0.3, -0.25) is 4.79 Å². The Hall–Kier alpha value is -0.870. The van der Waals surface area contributed by atoms with Crippen LogP contribution in [0.5, 0.6) is 0 Å². The van der Waals surface area contributed by atoms with Gasteiger partial charge in [-0.25, -0.2) is 0 Å². The molecule has 0 aromatic carbocycles. The summed E-state index contributed by atoms with van der Waals surface area (Å²) in [5, 5.41) is 0. The standard InChI is InChI=1S/C15H23NO3/c1-2-18-13-7-8-19-15(9-13)10-16(11-15)14(17)12-5-3-4-6-12/h5,13H,2-4,6-11H2,1H3/t13-/m1/s1. The van der Waals surface area contributed by atoms with Gasteiger partial charge in [-0.15, -0.1) is 0 Å². The summed E-state index contributed by atoms with van der Waals surface area (Å²) in [5.74, 6) is 0.227. The van der Waals surface area contributed by atoms with Crippen LogP contribution in [0.15, 0.2) is 11.6 Å². The molecule has 0 saturated carbocycles. The van der Waals surface area contributed by atoms with E-state index in [-0.39, 0.29) is 11.5 Å². The van der Waals surface area contributed by atoms with E-state index >= 15 is 0 Å². The lowest BCUT2D eigenvalue weighted by atomic mass is 9.84. The van der Waals surface area contributed by atoms with Crippen LogP contribution >= 0.6 is 0 Å². The number of hydrogen-bond acceptors (Lipinski definition) is 3. The van der Waals surface area contributed by atoms with Gasteiger partial charge in [0.05, 0.1) is 19.2 Å². The molecular formula is C15H23NO3. The number of nitrogens with zero attached hydrogens (tertiary/aromatic N) is 1. The summed E-state index contributed by atoms with van der Waals surface area (Å²) in [6.45, 7) is 5.04. The maximum atomic E-state index is 12.2. The van der Waals surface area contributed by atoms with Crippen LogP contribution in [0, 0.1) is 0 Å². The number of carbonyl (C=O) groups excluding carboxylic acids is 1. The van der Waals surface area contributed by atoms with Gasteiger partial charge in [0.25, 0.3) is 0 Å². The first-order valence-electron chi connectivity index (χ1n) is 7.46. The van der Waals surface area contributed by atoms with E-state index in [1.165, 1.54) is 0 Å². The minimum atomic E-state index is -0.118. The van der Waals surface area contributed by atoms with Gasteiger partial charge in [0.15, 0.2) is 0 Å². The molecule has 3 aliphatic rings. The molecule has 0 aromatic heterocycles. The molecule has 2 fully saturated rings. The van der Waals surface area contributed by atoms with Crippen LogP contribution in [-0.2, 0) is 14.3 Å². The van der Waals surface area contributed by atoms with E-state index < -0.39 is 0 Å². The summed E-state index contributed by atoms with van der Waals surface area (Å²) < 4.78 is 11.6.